The first kappa shape index (κ1) is 13.5. The first-order valence-electron chi connectivity index (χ1n) is 5.96. The van der Waals surface area contributed by atoms with Crippen LogP contribution in [0.15, 0.2) is 47.1 Å². The minimum Gasteiger partial charge on any atom is -0.494 e. The predicted octanol–water partition coefficient (Wildman–Crippen LogP) is 3.13. The highest BCUT2D eigenvalue weighted by atomic mass is 35.5. The third-order valence-corrected chi connectivity index (χ3v) is 2.77. The van der Waals surface area contributed by atoms with Crippen molar-refractivity contribution in [1.82, 2.24) is 5.32 Å². The molecule has 0 bridgehead atoms. The van der Waals surface area contributed by atoms with Gasteiger partial charge in [-0.2, -0.15) is 0 Å². The average molecular weight is 280 g/mol. The zero-order valence-electron chi connectivity index (χ0n) is 10.3. The van der Waals surface area contributed by atoms with Crippen LogP contribution in [0.1, 0.15) is 16.8 Å². The van der Waals surface area contributed by atoms with Gasteiger partial charge in [0.25, 0.3) is 5.91 Å². The number of halogens is 1. The molecule has 1 aromatic heterocycles. The second-order valence-electron chi connectivity index (χ2n) is 3.88. The van der Waals surface area contributed by atoms with Gasteiger partial charge in [-0.15, -0.1) is 0 Å². The Morgan fingerprint density at radius 2 is 2.05 bits per heavy atom. The van der Waals surface area contributed by atoms with E-state index in [9.17, 15) is 4.79 Å². The fourth-order valence-electron chi connectivity index (χ4n) is 1.53. The summed E-state index contributed by atoms with van der Waals surface area (Å²) in [6.07, 6.45) is 2.10. The largest absolute Gasteiger partial charge is 0.494 e. The van der Waals surface area contributed by atoms with Gasteiger partial charge in [0.15, 0.2) is 0 Å². The maximum Gasteiger partial charge on any atom is 0.256 e. The minimum atomic E-state index is -0.238. The van der Waals surface area contributed by atoms with Crippen LogP contribution in [0, 0.1) is 0 Å². The quantitative estimate of drug-likeness (QED) is 0.827. The van der Waals surface area contributed by atoms with E-state index in [1.54, 1.807) is 0 Å². The Hall–Kier alpha value is -1.94. The summed E-state index contributed by atoms with van der Waals surface area (Å²) < 4.78 is 10.4. The summed E-state index contributed by atoms with van der Waals surface area (Å²) in [5.41, 5.74) is 0.352. The van der Waals surface area contributed by atoms with Gasteiger partial charge >= 0.3 is 0 Å². The van der Waals surface area contributed by atoms with E-state index in [1.165, 1.54) is 12.3 Å². The van der Waals surface area contributed by atoms with E-state index < -0.39 is 0 Å². The van der Waals surface area contributed by atoms with Crippen LogP contribution in [-0.4, -0.2) is 19.1 Å². The van der Waals surface area contributed by atoms with Gasteiger partial charge in [-0.1, -0.05) is 18.2 Å². The van der Waals surface area contributed by atoms with Crippen LogP contribution in [0.5, 0.6) is 5.75 Å². The standard InChI is InChI=1S/C14H14ClNO3/c15-13-12(7-10-19-13)14(17)16-8-4-9-18-11-5-2-1-3-6-11/h1-3,5-7,10H,4,8-9H2,(H,16,17). The van der Waals surface area contributed by atoms with Crippen molar-refractivity contribution in [2.75, 3.05) is 13.2 Å². The predicted molar refractivity (Wildman–Crippen MR) is 72.6 cm³/mol. The van der Waals surface area contributed by atoms with Crippen molar-refractivity contribution >= 4 is 17.5 Å². The first-order chi connectivity index (χ1) is 9.27. The van der Waals surface area contributed by atoms with Crippen LogP contribution < -0.4 is 10.1 Å². The maximum atomic E-state index is 11.7. The van der Waals surface area contributed by atoms with Gasteiger partial charge in [0, 0.05) is 6.54 Å². The number of carbonyl (C=O) groups excluding carboxylic acids is 1. The number of hydrogen-bond acceptors (Lipinski definition) is 3. The Balaban J connectivity index is 1.65. The third-order valence-electron chi connectivity index (χ3n) is 2.48. The van der Waals surface area contributed by atoms with Crippen molar-refractivity contribution in [2.45, 2.75) is 6.42 Å². The third kappa shape index (κ3) is 4.03. The molecule has 1 heterocycles. The highest BCUT2D eigenvalue weighted by Crippen LogP contribution is 2.16. The lowest BCUT2D eigenvalue weighted by Crippen LogP contribution is -2.25. The smallest absolute Gasteiger partial charge is 0.256 e. The van der Waals surface area contributed by atoms with Crippen LogP contribution in [0.4, 0.5) is 0 Å². The van der Waals surface area contributed by atoms with Crippen LogP contribution in [0.2, 0.25) is 5.22 Å². The molecule has 1 N–H and O–H groups in total. The first-order valence-corrected chi connectivity index (χ1v) is 6.34. The molecule has 1 aromatic carbocycles. The van der Waals surface area contributed by atoms with Crippen LogP contribution in [-0.2, 0) is 0 Å². The Kier molecular flexibility index (Phi) is 4.86. The summed E-state index contributed by atoms with van der Waals surface area (Å²) in [4.78, 5) is 11.7. The molecule has 2 aromatic rings. The topological polar surface area (TPSA) is 51.5 Å². The molecule has 2 rings (SSSR count). The number of carbonyl (C=O) groups is 1. The van der Waals surface area contributed by atoms with Gasteiger partial charge in [0.1, 0.15) is 5.75 Å². The van der Waals surface area contributed by atoms with Crippen LogP contribution in [0.3, 0.4) is 0 Å². The van der Waals surface area contributed by atoms with Gasteiger partial charge in [-0.05, 0) is 36.2 Å². The molecule has 0 unspecified atom stereocenters. The number of hydrogen-bond donors (Lipinski definition) is 1. The Morgan fingerprint density at radius 1 is 1.26 bits per heavy atom. The van der Waals surface area contributed by atoms with E-state index in [4.69, 9.17) is 20.8 Å². The van der Waals surface area contributed by atoms with Gasteiger partial charge in [-0.25, -0.2) is 0 Å². The molecule has 5 heteroatoms. The van der Waals surface area contributed by atoms with Crippen molar-refractivity contribution in [3.63, 3.8) is 0 Å². The van der Waals surface area contributed by atoms with E-state index in [0.717, 1.165) is 12.2 Å². The number of nitrogens with one attached hydrogen (secondary N) is 1. The fourth-order valence-corrected chi connectivity index (χ4v) is 1.73. The number of amides is 1. The number of ether oxygens (including phenoxy) is 1. The lowest BCUT2D eigenvalue weighted by Gasteiger charge is -2.06. The van der Waals surface area contributed by atoms with Crippen LogP contribution >= 0.6 is 11.6 Å². The Morgan fingerprint density at radius 3 is 2.74 bits per heavy atom. The molecule has 1 amide bonds. The van der Waals surface area contributed by atoms with Gasteiger partial charge in [-0.3, -0.25) is 4.79 Å². The SMILES string of the molecule is O=C(NCCCOc1ccccc1)c1ccoc1Cl. The van der Waals surface area contributed by atoms with Crippen molar-refractivity contribution < 1.29 is 13.9 Å². The molecule has 0 atom stereocenters. The number of para-hydroxylation sites is 1. The number of rotatable bonds is 6. The molecule has 0 aliphatic rings. The Labute approximate surface area is 116 Å². The molecular weight excluding hydrogens is 266 g/mol. The second-order valence-corrected chi connectivity index (χ2v) is 4.22. The van der Waals surface area contributed by atoms with Gasteiger partial charge in [0.05, 0.1) is 18.4 Å². The normalized spacial score (nSPS) is 10.2. The molecule has 0 fully saturated rings. The zero-order chi connectivity index (χ0) is 13.5. The zero-order valence-corrected chi connectivity index (χ0v) is 11.0. The lowest BCUT2D eigenvalue weighted by atomic mass is 10.3. The maximum absolute atomic E-state index is 11.7. The van der Waals surface area contributed by atoms with Crippen molar-refractivity contribution in [3.8, 4) is 5.75 Å². The minimum absolute atomic E-state index is 0.109. The van der Waals surface area contributed by atoms with E-state index >= 15 is 0 Å². The monoisotopic (exact) mass is 279 g/mol. The van der Waals surface area contributed by atoms with Crippen molar-refractivity contribution in [1.29, 1.82) is 0 Å². The molecule has 100 valence electrons. The number of benzene rings is 1. The molecule has 4 nitrogen and oxygen atoms in total. The summed E-state index contributed by atoms with van der Waals surface area (Å²) in [6.45, 7) is 1.07. The van der Waals surface area contributed by atoms with Crippen LogP contribution in [0.25, 0.3) is 0 Å². The van der Waals surface area contributed by atoms with Gasteiger partial charge < -0.3 is 14.5 Å². The molecule has 0 saturated carbocycles. The highest BCUT2D eigenvalue weighted by Gasteiger charge is 2.11. The van der Waals surface area contributed by atoms with Crippen molar-refractivity contribution in [2.24, 2.45) is 0 Å². The van der Waals surface area contributed by atoms with E-state index in [-0.39, 0.29) is 11.1 Å². The molecule has 0 aliphatic carbocycles. The summed E-state index contributed by atoms with van der Waals surface area (Å²) in [6, 6.07) is 11.1. The molecule has 0 aliphatic heterocycles. The summed E-state index contributed by atoms with van der Waals surface area (Å²) in [5, 5.41) is 2.86. The highest BCUT2D eigenvalue weighted by molar-refractivity contribution is 6.32. The van der Waals surface area contributed by atoms with Gasteiger partial charge in [0.2, 0.25) is 5.22 Å². The fraction of sp³-hybridized carbons (Fsp3) is 0.214. The van der Waals surface area contributed by atoms with E-state index in [0.29, 0.717) is 18.7 Å². The molecule has 0 radical (unpaired) electrons. The number of furan rings is 1. The van der Waals surface area contributed by atoms with Crippen molar-refractivity contribution in [3.05, 3.63) is 53.4 Å². The molecule has 19 heavy (non-hydrogen) atoms. The van der Waals surface area contributed by atoms with E-state index in [1.807, 2.05) is 30.3 Å². The second kappa shape index (κ2) is 6.85. The summed E-state index contributed by atoms with van der Waals surface area (Å²) >= 11 is 5.70. The average Bonchev–Trinajstić information content (AvgIpc) is 2.86. The Bertz CT molecular complexity index is 524. The lowest BCUT2D eigenvalue weighted by molar-refractivity contribution is 0.0951. The molecule has 0 spiro atoms. The molecule has 0 saturated heterocycles. The summed E-state index contributed by atoms with van der Waals surface area (Å²) in [5.74, 6) is 0.588. The molecular formula is C14H14ClNO3. The van der Waals surface area contributed by atoms with E-state index in [2.05, 4.69) is 5.32 Å². The summed E-state index contributed by atoms with van der Waals surface area (Å²) in [7, 11) is 0.